The summed E-state index contributed by atoms with van der Waals surface area (Å²) < 4.78 is 5.94. The molecule has 0 aromatic rings. The predicted octanol–water partition coefficient (Wildman–Crippen LogP) is 5.76. The third-order valence-electron chi connectivity index (χ3n) is 8.40. The highest BCUT2D eigenvalue weighted by atomic mass is 16.5. The molecule has 0 amide bonds. The first-order valence-corrected chi connectivity index (χ1v) is 10.8. The molecule has 0 spiro atoms. The molecule has 0 heterocycles. The van der Waals surface area contributed by atoms with E-state index in [1.54, 1.807) is 11.1 Å². The fourth-order valence-corrected chi connectivity index (χ4v) is 7.11. The maximum absolute atomic E-state index is 11.1. The molecule has 0 aromatic heterocycles. The first-order chi connectivity index (χ1) is 12.0. The normalized spacial score (nSPS) is 43.2. The maximum atomic E-state index is 11.1. The van der Waals surface area contributed by atoms with Gasteiger partial charge in [0.2, 0.25) is 0 Å². The minimum atomic E-state index is -0.445. The van der Waals surface area contributed by atoms with Crippen molar-refractivity contribution in [3.05, 3.63) is 23.0 Å². The van der Waals surface area contributed by atoms with Crippen molar-refractivity contribution < 1.29 is 9.84 Å². The molecule has 25 heavy (non-hydrogen) atoms. The Balaban J connectivity index is 1.55. The third kappa shape index (κ3) is 2.62. The van der Waals surface area contributed by atoms with E-state index in [0.717, 1.165) is 56.5 Å². The topological polar surface area (TPSA) is 29.5 Å². The number of ether oxygens (including phenoxy) is 1. The van der Waals surface area contributed by atoms with Crippen LogP contribution in [0.1, 0.15) is 85.0 Å². The van der Waals surface area contributed by atoms with E-state index >= 15 is 0 Å². The van der Waals surface area contributed by atoms with Crippen molar-refractivity contribution in [2.24, 2.45) is 23.2 Å². The van der Waals surface area contributed by atoms with Gasteiger partial charge in [-0.25, -0.2) is 0 Å². The number of rotatable bonds is 4. The Labute approximate surface area is 153 Å². The van der Waals surface area contributed by atoms with E-state index < -0.39 is 5.60 Å². The second-order valence-corrected chi connectivity index (χ2v) is 9.31. The highest BCUT2D eigenvalue weighted by Gasteiger charge is 2.61. The predicted molar refractivity (Wildman–Crippen MR) is 102 cm³/mol. The van der Waals surface area contributed by atoms with Crippen LogP contribution in [0, 0.1) is 23.2 Å². The summed E-state index contributed by atoms with van der Waals surface area (Å²) in [5.41, 5.74) is 3.20. The monoisotopic (exact) mass is 344 g/mol. The molecule has 2 saturated carbocycles. The van der Waals surface area contributed by atoms with Crippen LogP contribution in [0.4, 0.5) is 0 Å². The van der Waals surface area contributed by atoms with Crippen LogP contribution >= 0.6 is 0 Å². The molecule has 2 heteroatoms. The zero-order valence-electron chi connectivity index (χ0n) is 16.4. The molecule has 0 unspecified atom stereocenters. The molecule has 0 bridgehead atoms. The first kappa shape index (κ1) is 17.6. The summed E-state index contributed by atoms with van der Waals surface area (Å²) in [5, 5.41) is 11.1. The summed E-state index contributed by atoms with van der Waals surface area (Å²) >= 11 is 0. The van der Waals surface area contributed by atoms with Gasteiger partial charge in [-0.15, -0.1) is 0 Å². The summed E-state index contributed by atoms with van der Waals surface area (Å²) in [6.45, 7) is 7.49. The van der Waals surface area contributed by atoms with Crippen molar-refractivity contribution in [3.63, 3.8) is 0 Å². The van der Waals surface area contributed by atoms with Gasteiger partial charge in [0.05, 0.1) is 18.0 Å². The minimum absolute atomic E-state index is 0.187. The lowest BCUT2D eigenvalue weighted by molar-refractivity contribution is -0.109. The van der Waals surface area contributed by atoms with Gasteiger partial charge in [0.1, 0.15) is 0 Å². The minimum Gasteiger partial charge on any atom is -0.498 e. The summed E-state index contributed by atoms with van der Waals surface area (Å²) in [6, 6.07) is 0. The average Bonchev–Trinajstić information content (AvgIpc) is 2.90. The van der Waals surface area contributed by atoms with Crippen LogP contribution in [0.15, 0.2) is 23.0 Å². The zero-order valence-corrected chi connectivity index (χ0v) is 16.4. The van der Waals surface area contributed by atoms with Crippen LogP contribution in [0.2, 0.25) is 0 Å². The summed E-state index contributed by atoms with van der Waals surface area (Å²) in [5.74, 6) is 3.56. The third-order valence-corrected chi connectivity index (χ3v) is 8.40. The number of aliphatic hydroxyl groups is 1. The number of hydrogen-bond donors (Lipinski definition) is 1. The molecule has 1 N–H and O–H groups in total. The number of fused-ring (bicyclic) bond motifs is 4. The molecular weight excluding hydrogens is 308 g/mol. The fraction of sp³-hybridized carbons (Fsp3) is 0.826. The summed E-state index contributed by atoms with van der Waals surface area (Å²) in [4.78, 5) is 0. The summed E-state index contributed by atoms with van der Waals surface area (Å²) in [6.07, 6.45) is 14.2. The Morgan fingerprint density at radius 3 is 2.80 bits per heavy atom. The van der Waals surface area contributed by atoms with E-state index in [-0.39, 0.29) is 5.41 Å². The van der Waals surface area contributed by atoms with Gasteiger partial charge >= 0.3 is 0 Å². The highest BCUT2D eigenvalue weighted by molar-refractivity contribution is 5.33. The van der Waals surface area contributed by atoms with Gasteiger partial charge < -0.3 is 9.84 Å². The van der Waals surface area contributed by atoms with Gasteiger partial charge in [0.25, 0.3) is 0 Å². The van der Waals surface area contributed by atoms with E-state index in [1.165, 1.54) is 37.9 Å². The van der Waals surface area contributed by atoms with E-state index in [0.29, 0.717) is 0 Å². The number of allylic oxidation sites excluding steroid dienone is 3. The van der Waals surface area contributed by atoms with Crippen LogP contribution in [0.3, 0.4) is 0 Å². The molecule has 0 saturated heterocycles. The van der Waals surface area contributed by atoms with Gasteiger partial charge in [-0.2, -0.15) is 0 Å². The molecule has 5 atom stereocenters. The maximum Gasteiger partial charge on any atom is 0.0963 e. The second kappa shape index (κ2) is 6.44. The van der Waals surface area contributed by atoms with Crippen molar-refractivity contribution in [1.82, 2.24) is 0 Å². The molecule has 0 aromatic carbocycles. The Morgan fingerprint density at radius 1 is 1.20 bits per heavy atom. The smallest absolute Gasteiger partial charge is 0.0963 e. The van der Waals surface area contributed by atoms with E-state index in [1.807, 2.05) is 0 Å². The Bertz CT molecular complexity index is 585. The quantitative estimate of drug-likeness (QED) is 0.657. The summed E-state index contributed by atoms with van der Waals surface area (Å²) in [7, 11) is 0. The largest absolute Gasteiger partial charge is 0.498 e. The van der Waals surface area contributed by atoms with Crippen LogP contribution in [-0.4, -0.2) is 17.3 Å². The Morgan fingerprint density at radius 2 is 2.04 bits per heavy atom. The first-order valence-electron chi connectivity index (χ1n) is 10.8. The van der Waals surface area contributed by atoms with Crippen LogP contribution < -0.4 is 0 Å². The molecule has 140 valence electrons. The van der Waals surface area contributed by atoms with Gasteiger partial charge in [0, 0.05) is 11.8 Å². The van der Waals surface area contributed by atoms with E-state index in [9.17, 15) is 5.11 Å². The zero-order chi connectivity index (χ0) is 17.7. The van der Waals surface area contributed by atoms with Crippen LogP contribution in [-0.2, 0) is 4.74 Å². The SMILES string of the molecule is CCCOC1=CCC2=C(CC[C@@H]3[C@@H]2CC[C@@]2(CC)[C@H]3CC[C@]2(C)O)C1. The second-order valence-electron chi connectivity index (χ2n) is 9.31. The highest BCUT2D eigenvalue weighted by Crippen LogP contribution is 2.65. The molecule has 4 aliphatic carbocycles. The van der Waals surface area contributed by atoms with Crippen molar-refractivity contribution in [2.75, 3.05) is 6.61 Å². The fourth-order valence-electron chi connectivity index (χ4n) is 7.11. The van der Waals surface area contributed by atoms with Crippen LogP contribution in [0.25, 0.3) is 0 Å². The van der Waals surface area contributed by atoms with Gasteiger partial charge in [-0.05, 0) is 88.5 Å². The van der Waals surface area contributed by atoms with Gasteiger partial charge in [-0.3, -0.25) is 0 Å². The van der Waals surface area contributed by atoms with E-state index in [4.69, 9.17) is 4.74 Å². The average molecular weight is 345 g/mol. The molecule has 2 nitrogen and oxygen atoms in total. The lowest BCUT2D eigenvalue weighted by atomic mass is 9.51. The van der Waals surface area contributed by atoms with Gasteiger partial charge in [-0.1, -0.05) is 25.0 Å². The van der Waals surface area contributed by atoms with Crippen molar-refractivity contribution >= 4 is 0 Å². The Kier molecular flexibility index (Phi) is 4.55. The molecular formula is C23H36O2. The van der Waals surface area contributed by atoms with Gasteiger partial charge in [0.15, 0.2) is 0 Å². The van der Waals surface area contributed by atoms with Crippen LogP contribution in [0.5, 0.6) is 0 Å². The van der Waals surface area contributed by atoms with Crippen molar-refractivity contribution in [2.45, 2.75) is 90.6 Å². The molecule has 2 fully saturated rings. The molecule has 4 rings (SSSR count). The molecule has 0 radical (unpaired) electrons. The van der Waals surface area contributed by atoms with Crippen molar-refractivity contribution in [3.8, 4) is 0 Å². The molecule has 4 aliphatic rings. The Hall–Kier alpha value is -0.760. The van der Waals surface area contributed by atoms with Crippen molar-refractivity contribution in [1.29, 1.82) is 0 Å². The van der Waals surface area contributed by atoms with E-state index in [2.05, 4.69) is 26.8 Å². The lowest BCUT2D eigenvalue weighted by Gasteiger charge is -2.54. The number of hydrogen-bond acceptors (Lipinski definition) is 2. The lowest BCUT2D eigenvalue weighted by Crippen LogP contribution is -2.51. The molecule has 0 aliphatic heterocycles. The standard InChI is InChI=1S/C23H36O2/c1-4-14-25-17-7-9-18-16(15-17)6-8-20-19(18)10-13-23(5-2)21(20)11-12-22(23,3)24/h7,19-21,24H,4-6,8-15H2,1-3H3/t19-,20-,21+,22+,23+/m1/s1.